The smallest absolute Gasteiger partial charge is 0.455 e. The molecule has 0 saturated carbocycles. The Morgan fingerprint density at radius 3 is 2.31 bits per heavy atom. The third-order valence-electron chi connectivity index (χ3n) is 5.09. The van der Waals surface area contributed by atoms with E-state index in [1.807, 2.05) is 36.4 Å². The first-order valence-corrected chi connectivity index (χ1v) is 10.4. The molecule has 0 atom stereocenters. The largest absolute Gasteiger partial charge is 0.573 e. The van der Waals surface area contributed by atoms with Crippen molar-refractivity contribution in [2.24, 2.45) is 5.10 Å². The van der Waals surface area contributed by atoms with Gasteiger partial charge in [0.2, 0.25) is 0 Å². The summed E-state index contributed by atoms with van der Waals surface area (Å²) >= 11 is 0. The zero-order chi connectivity index (χ0) is 24.4. The topological polar surface area (TPSA) is 69.6 Å². The summed E-state index contributed by atoms with van der Waals surface area (Å²) in [5.41, 5.74) is 1.49. The molecule has 0 radical (unpaired) electrons. The number of aromatic nitrogens is 2. The first-order chi connectivity index (χ1) is 16.9. The second kappa shape index (κ2) is 8.94. The SMILES string of the molecule is O=c1c2ccccc2nc(-c2ccccc2)n1N=Cc1ccc(-c2ccc(OC(F)(F)F)cc2)o1. The number of ether oxygens (including phenoxy) is 1. The molecule has 6 nitrogen and oxygen atoms in total. The fourth-order valence-electron chi connectivity index (χ4n) is 3.52. The van der Waals surface area contributed by atoms with Gasteiger partial charge in [0.05, 0.1) is 17.1 Å². The highest BCUT2D eigenvalue weighted by atomic mass is 19.4. The molecule has 0 aliphatic carbocycles. The van der Waals surface area contributed by atoms with Gasteiger partial charge in [-0.25, -0.2) is 4.98 Å². The zero-order valence-electron chi connectivity index (χ0n) is 17.9. The van der Waals surface area contributed by atoms with E-state index in [2.05, 4.69) is 14.8 Å². The number of para-hydroxylation sites is 1. The molecular weight excluding hydrogens is 459 g/mol. The van der Waals surface area contributed by atoms with Gasteiger partial charge < -0.3 is 9.15 Å². The number of hydrogen-bond acceptors (Lipinski definition) is 5. The van der Waals surface area contributed by atoms with Crippen LogP contribution in [0.5, 0.6) is 5.75 Å². The third kappa shape index (κ3) is 4.84. The van der Waals surface area contributed by atoms with Crippen molar-refractivity contribution in [2.75, 3.05) is 0 Å². The second-order valence-corrected chi connectivity index (χ2v) is 7.45. The van der Waals surface area contributed by atoms with E-state index in [0.29, 0.717) is 39.4 Å². The first-order valence-electron chi connectivity index (χ1n) is 10.4. The summed E-state index contributed by atoms with van der Waals surface area (Å²) in [6.07, 6.45) is -3.38. The monoisotopic (exact) mass is 475 g/mol. The number of halogens is 3. The molecule has 2 heterocycles. The van der Waals surface area contributed by atoms with E-state index in [-0.39, 0.29) is 11.3 Å². The molecule has 174 valence electrons. The Kier molecular flexibility index (Phi) is 5.66. The molecule has 2 aromatic heterocycles. The van der Waals surface area contributed by atoms with Crippen LogP contribution >= 0.6 is 0 Å². The predicted molar refractivity (Wildman–Crippen MR) is 125 cm³/mol. The third-order valence-corrected chi connectivity index (χ3v) is 5.09. The van der Waals surface area contributed by atoms with Gasteiger partial charge in [0.25, 0.3) is 5.56 Å². The lowest BCUT2D eigenvalue weighted by atomic mass is 10.2. The normalized spacial score (nSPS) is 11.9. The van der Waals surface area contributed by atoms with Gasteiger partial charge in [-0.1, -0.05) is 42.5 Å². The van der Waals surface area contributed by atoms with Crippen LogP contribution in [0.1, 0.15) is 5.76 Å². The van der Waals surface area contributed by atoms with Gasteiger partial charge in [-0.3, -0.25) is 4.79 Å². The fourth-order valence-corrected chi connectivity index (χ4v) is 3.52. The fraction of sp³-hybridized carbons (Fsp3) is 0.0385. The van der Waals surface area contributed by atoms with Crippen LogP contribution in [0.15, 0.2) is 105 Å². The summed E-state index contributed by atoms with van der Waals surface area (Å²) in [7, 11) is 0. The van der Waals surface area contributed by atoms with Crippen LogP contribution in [0.3, 0.4) is 0 Å². The molecule has 0 amide bonds. The van der Waals surface area contributed by atoms with Gasteiger partial charge in [-0.2, -0.15) is 9.78 Å². The minimum absolute atomic E-state index is 0.328. The molecule has 0 aliphatic heterocycles. The van der Waals surface area contributed by atoms with Gasteiger partial charge in [0, 0.05) is 11.1 Å². The molecule has 0 unspecified atom stereocenters. The molecule has 0 saturated heterocycles. The Bertz CT molecular complexity index is 1570. The number of furan rings is 1. The molecule has 0 aliphatic rings. The summed E-state index contributed by atoms with van der Waals surface area (Å²) in [6, 6.07) is 24.8. The average molecular weight is 475 g/mol. The van der Waals surface area contributed by atoms with Crippen molar-refractivity contribution in [1.29, 1.82) is 0 Å². The highest BCUT2D eigenvalue weighted by molar-refractivity contribution is 5.81. The van der Waals surface area contributed by atoms with Crippen LogP contribution in [0.25, 0.3) is 33.6 Å². The van der Waals surface area contributed by atoms with Crippen LogP contribution in [-0.2, 0) is 0 Å². The maximum Gasteiger partial charge on any atom is 0.573 e. The number of nitrogens with zero attached hydrogens (tertiary/aromatic N) is 3. The van der Waals surface area contributed by atoms with Crippen molar-refractivity contribution >= 4 is 17.1 Å². The van der Waals surface area contributed by atoms with Crippen molar-refractivity contribution in [3.63, 3.8) is 0 Å². The average Bonchev–Trinajstić information content (AvgIpc) is 3.32. The minimum atomic E-state index is -4.76. The molecule has 3 aromatic carbocycles. The molecular formula is C26H16F3N3O3. The Hall–Kier alpha value is -4.66. The zero-order valence-corrected chi connectivity index (χ0v) is 17.9. The Morgan fingerprint density at radius 1 is 0.857 bits per heavy atom. The molecule has 9 heteroatoms. The molecule has 0 spiro atoms. The van der Waals surface area contributed by atoms with Crippen LogP contribution in [0, 0.1) is 0 Å². The van der Waals surface area contributed by atoms with Gasteiger partial charge >= 0.3 is 6.36 Å². The van der Waals surface area contributed by atoms with Crippen molar-refractivity contribution in [3.05, 3.63) is 107 Å². The van der Waals surface area contributed by atoms with Crippen LogP contribution in [0.2, 0.25) is 0 Å². The quantitative estimate of drug-likeness (QED) is 0.288. The van der Waals surface area contributed by atoms with E-state index in [4.69, 9.17) is 4.42 Å². The van der Waals surface area contributed by atoms with Crippen LogP contribution < -0.4 is 10.3 Å². The standard InChI is InChI=1S/C26H16F3N3O3/c27-26(28,29)35-19-12-10-17(11-13-19)23-15-14-20(34-23)16-30-32-24(18-6-2-1-3-7-18)31-22-9-5-4-8-21(22)25(32)33/h1-16H. The summed E-state index contributed by atoms with van der Waals surface area (Å²) in [6.45, 7) is 0. The van der Waals surface area contributed by atoms with E-state index in [1.165, 1.54) is 35.2 Å². The highest BCUT2D eigenvalue weighted by Crippen LogP contribution is 2.27. The van der Waals surface area contributed by atoms with Crippen molar-refractivity contribution < 1.29 is 22.3 Å². The molecule has 35 heavy (non-hydrogen) atoms. The van der Waals surface area contributed by atoms with E-state index >= 15 is 0 Å². The van der Waals surface area contributed by atoms with Crippen LogP contribution in [-0.4, -0.2) is 22.2 Å². The number of fused-ring (bicyclic) bond motifs is 1. The van der Waals surface area contributed by atoms with E-state index in [1.54, 1.807) is 30.3 Å². The summed E-state index contributed by atoms with van der Waals surface area (Å²) in [4.78, 5) is 17.8. The molecule has 0 N–H and O–H groups in total. The van der Waals surface area contributed by atoms with Gasteiger partial charge in [-0.05, 0) is 48.5 Å². The maximum atomic E-state index is 13.2. The van der Waals surface area contributed by atoms with Crippen molar-refractivity contribution in [3.8, 4) is 28.5 Å². The first kappa shape index (κ1) is 22.1. The van der Waals surface area contributed by atoms with E-state index in [9.17, 15) is 18.0 Å². The Labute approximate surface area is 196 Å². The lowest BCUT2D eigenvalue weighted by molar-refractivity contribution is -0.274. The minimum Gasteiger partial charge on any atom is -0.455 e. The van der Waals surface area contributed by atoms with E-state index < -0.39 is 6.36 Å². The molecule has 0 fully saturated rings. The van der Waals surface area contributed by atoms with Gasteiger partial charge in [0.15, 0.2) is 5.82 Å². The van der Waals surface area contributed by atoms with Gasteiger partial charge in [-0.15, -0.1) is 13.2 Å². The van der Waals surface area contributed by atoms with Crippen molar-refractivity contribution in [2.45, 2.75) is 6.36 Å². The lowest BCUT2D eigenvalue weighted by Crippen LogP contribution is -2.20. The Morgan fingerprint density at radius 2 is 1.57 bits per heavy atom. The molecule has 5 rings (SSSR count). The second-order valence-electron chi connectivity index (χ2n) is 7.45. The van der Waals surface area contributed by atoms with Crippen molar-refractivity contribution in [1.82, 2.24) is 9.66 Å². The maximum absolute atomic E-state index is 13.2. The molecule has 5 aromatic rings. The summed E-state index contributed by atoms with van der Waals surface area (Å²) in [5.74, 6) is 0.802. The highest BCUT2D eigenvalue weighted by Gasteiger charge is 2.31. The predicted octanol–water partition coefficient (Wildman–Crippen LogP) is 6.10. The number of alkyl halides is 3. The Balaban J connectivity index is 1.48. The summed E-state index contributed by atoms with van der Waals surface area (Å²) in [5, 5.41) is 4.76. The lowest BCUT2D eigenvalue weighted by Gasteiger charge is -2.09. The summed E-state index contributed by atoms with van der Waals surface area (Å²) < 4.78 is 47.9. The number of benzene rings is 3. The molecule has 0 bridgehead atoms. The van der Waals surface area contributed by atoms with Gasteiger partial charge in [0.1, 0.15) is 17.3 Å². The van der Waals surface area contributed by atoms with E-state index in [0.717, 1.165) is 0 Å². The number of rotatable bonds is 5. The van der Waals surface area contributed by atoms with Crippen LogP contribution in [0.4, 0.5) is 13.2 Å². The number of hydrogen-bond donors (Lipinski definition) is 0.